The highest BCUT2D eigenvalue weighted by atomic mass is 32.2. The van der Waals surface area contributed by atoms with Gasteiger partial charge in [0.05, 0.1) is 19.4 Å². The molecular formula is C13H22N4O3S. The van der Waals surface area contributed by atoms with Crippen LogP contribution < -0.4 is 0 Å². The van der Waals surface area contributed by atoms with Crippen molar-refractivity contribution in [3.05, 3.63) is 17.5 Å². The smallest absolute Gasteiger partial charge is 0.282 e. The quantitative estimate of drug-likeness (QED) is 0.880. The predicted molar refractivity (Wildman–Crippen MR) is 78.2 cm³/mol. The van der Waals surface area contributed by atoms with Gasteiger partial charge in [-0.1, -0.05) is 0 Å². The minimum absolute atomic E-state index is 0.206. The Morgan fingerprint density at radius 2 is 2.05 bits per heavy atom. The highest BCUT2D eigenvalue weighted by Crippen LogP contribution is 2.29. The topological polar surface area (TPSA) is 78.5 Å². The molecule has 118 valence electrons. The van der Waals surface area contributed by atoms with Gasteiger partial charge < -0.3 is 4.74 Å². The van der Waals surface area contributed by atoms with Crippen molar-refractivity contribution in [2.75, 3.05) is 39.4 Å². The second-order valence-corrected chi connectivity index (χ2v) is 7.61. The first-order valence-electron chi connectivity index (χ1n) is 7.42. The van der Waals surface area contributed by atoms with Crippen LogP contribution in [0.25, 0.3) is 0 Å². The van der Waals surface area contributed by atoms with Gasteiger partial charge in [-0.25, -0.2) is 0 Å². The van der Waals surface area contributed by atoms with Crippen molar-refractivity contribution in [3.63, 3.8) is 0 Å². The third-order valence-electron chi connectivity index (χ3n) is 4.28. The van der Waals surface area contributed by atoms with Gasteiger partial charge in [0.2, 0.25) is 0 Å². The second-order valence-electron chi connectivity index (χ2n) is 5.68. The van der Waals surface area contributed by atoms with Crippen LogP contribution in [0.1, 0.15) is 30.0 Å². The number of nitrogens with zero attached hydrogens (tertiary/aromatic N) is 3. The van der Waals surface area contributed by atoms with E-state index in [9.17, 15) is 8.42 Å². The molecule has 2 saturated heterocycles. The number of morpholine rings is 1. The average molecular weight is 314 g/mol. The van der Waals surface area contributed by atoms with Gasteiger partial charge in [-0.05, 0) is 25.3 Å². The molecule has 1 N–H and O–H groups in total. The molecule has 0 amide bonds. The Hall–Kier alpha value is -0.960. The lowest BCUT2D eigenvalue weighted by Gasteiger charge is -2.36. The Labute approximate surface area is 125 Å². The Morgan fingerprint density at radius 1 is 1.29 bits per heavy atom. The molecule has 0 bridgehead atoms. The van der Waals surface area contributed by atoms with Gasteiger partial charge in [-0.15, -0.1) is 0 Å². The van der Waals surface area contributed by atoms with E-state index in [-0.39, 0.29) is 5.92 Å². The molecule has 8 heteroatoms. The zero-order valence-electron chi connectivity index (χ0n) is 12.3. The predicted octanol–water partition coefficient (Wildman–Crippen LogP) is 0.475. The standard InChI is InChI=1S/C13H22N4O3S/c1-11-9-14-15-13(11)12-3-2-4-17(10-12)21(18,19)16-5-7-20-8-6-16/h9,12H,2-8,10H2,1H3,(H,14,15)/t12-/m0/s1. The summed E-state index contributed by atoms with van der Waals surface area (Å²) < 4.78 is 33.8. The van der Waals surface area contributed by atoms with Gasteiger partial charge in [0.1, 0.15) is 0 Å². The third kappa shape index (κ3) is 2.98. The number of piperidine rings is 1. The van der Waals surface area contributed by atoms with Crippen LogP contribution in [0.5, 0.6) is 0 Å². The van der Waals surface area contributed by atoms with Gasteiger partial charge in [0.15, 0.2) is 0 Å². The lowest BCUT2D eigenvalue weighted by molar-refractivity contribution is 0.0695. The van der Waals surface area contributed by atoms with E-state index < -0.39 is 10.2 Å². The maximum Gasteiger partial charge on any atom is 0.282 e. The Balaban J connectivity index is 1.75. The third-order valence-corrected chi connectivity index (χ3v) is 6.28. The van der Waals surface area contributed by atoms with Crippen molar-refractivity contribution in [1.29, 1.82) is 0 Å². The monoisotopic (exact) mass is 314 g/mol. The molecule has 1 aromatic rings. The van der Waals surface area contributed by atoms with E-state index in [1.165, 1.54) is 0 Å². The van der Waals surface area contributed by atoms with Gasteiger partial charge in [0.25, 0.3) is 10.2 Å². The SMILES string of the molecule is Cc1cn[nH]c1[C@H]1CCCN(S(=O)(=O)N2CCOCC2)C1. The largest absolute Gasteiger partial charge is 0.379 e. The van der Waals surface area contributed by atoms with Gasteiger partial charge >= 0.3 is 0 Å². The number of nitrogens with one attached hydrogen (secondary N) is 1. The number of hydrogen-bond donors (Lipinski definition) is 1. The summed E-state index contributed by atoms with van der Waals surface area (Å²) in [4.78, 5) is 0. The molecule has 0 unspecified atom stereocenters. The fourth-order valence-electron chi connectivity index (χ4n) is 3.10. The molecule has 0 aromatic carbocycles. The van der Waals surface area contributed by atoms with Crippen molar-refractivity contribution in [3.8, 4) is 0 Å². The molecule has 2 aliphatic heterocycles. The van der Waals surface area contributed by atoms with Crippen LogP contribution in [0, 0.1) is 6.92 Å². The average Bonchev–Trinajstić information content (AvgIpc) is 2.94. The maximum absolute atomic E-state index is 12.7. The van der Waals surface area contributed by atoms with Crippen molar-refractivity contribution in [2.45, 2.75) is 25.7 Å². The van der Waals surface area contributed by atoms with E-state index in [0.717, 1.165) is 24.1 Å². The van der Waals surface area contributed by atoms with Crippen LogP contribution in [0.15, 0.2) is 6.20 Å². The molecule has 0 spiro atoms. The first-order chi connectivity index (χ1) is 10.1. The van der Waals surface area contributed by atoms with Crippen LogP contribution in [-0.4, -0.2) is 66.6 Å². The van der Waals surface area contributed by atoms with Crippen LogP contribution >= 0.6 is 0 Å². The van der Waals surface area contributed by atoms with Gasteiger partial charge in [0, 0.05) is 37.8 Å². The zero-order chi connectivity index (χ0) is 14.9. The molecule has 0 radical (unpaired) electrons. The van der Waals surface area contributed by atoms with E-state index in [1.54, 1.807) is 14.8 Å². The summed E-state index contributed by atoms with van der Waals surface area (Å²) in [6.45, 7) is 5.01. The van der Waals surface area contributed by atoms with E-state index in [4.69, 9.17) is 4.74 Å². The molecular weight excluding hydrogens is 292 g/mol. The van der Waals surface area contributed by atoms with Crippen molar-refractivity contribution in [1.82, 2.24) is 18.8 Å². The van der Waals surface area contributed by atoms with Gasteiger partial charge in [-0.3, -0.25) is 5.10 Å². The number of rotatable bonds is 3. The van der Waals surface area contributed by atoms with Crippen LogP contribution in [0.3, 0.4) is 0 Å². The molecule has 1 atom stereocenters. The van der Waals surface area contributed by atoms with E-state index in [2.05, 4.69) is 10.2 Å². The summed E-state index contributed by atoms with van der Waals surface area (Å²) in [5, 5.41) is 7.08. The minimum atomic E-state index is -3.37. The molecule has 3 heterocycles. The number of aromatic nitrogens is 2. The van der Waals surface area contributed by atoms with Crippen molar-refractivity contribution in [2.24, 2.45) is 0 Å². The molecule has 21 heavy (non-hydrogen) atoms. The fraction of sp³-hybridized carbons (Fsp3) is 0.769. The van der Waals surface area contributed by atoms with Crippen molar-refractivity contribution < 1.29 is 13.2 Å². The van der Waals surface area contributed by atoms with Crippen LogP contribution in [0.4, 0.5) is 0 Å². The number of H-pyrrole nitrogens is 1. The molecule has 3 rings (SSSR count). The van der Waals surface area contributed by atoms with E-state index in [1.807, 2.05) is 6.92 Å². The van der Waals surface area contributed by atoms with Gasteiger partial charge in [-0.2, -0.15) is 22.1 Å². The lowest BCUT2D eigenvalue weighted by Crippen LogP contribution is -2.51. The molecule has 0 saturated carbocycles. The Kier molecular flexibility index (Phi) is 4.30. The Bertz CT molecular complexity index is 580. The number of aryl methyl sites for hydroxylation is 1. The van der Waals surface area contributed by atoms with Crippen LogP contribution in [0.2, 0.25) is 0 Å². The van der Waals surface area contributed by atoms with E-state index in [0.29, 0.717) is 39.4 Å². The van der Waals surface area contributed by atoms with Crippen molar-refractivity contribution >= 4 is 10.2 Å². The second kappa shape index (κ2) is 6.04. The molecule has 1 aromatic heterocycles. The normalized spacial score (nSPS) is 26.0. The molecule has 0 aliphatic carbocycles. The highest BCUT2D eigenvalue weighted by Gasteiger charge is 2.35. The summed E-state index contributed by atoms with van der Waals surface area (Å²) >= 11 is 0. The van der Waals surface area contributed by atoms with Crippen LogP contribution in [-0.2, 0) is 14.9 Å². The summed E-state index contributed by atoms with van der Waals surface area (Å²) in [5.41, 5.74) is 2.17. The van der Waals surface area contributed by atoms with E-state index >= 15 is 0 Å². The summed E-state index contributed by atoms with van der Waals surface area (Å²) in [6.07, 6.45) is 3.68. The Morgan fingerprint density at radius 3 is 2.71 bits per heavy atom. The minimum Gasteiger partial charge on any atom is -0.379 e. The summed E-state index contributed by atoms with van der Waals surface area (Å²) in [6, 6.07) is 0. The molecule has 7 nitrogen and oxygen atoms in total. The fourth-order valence-corrected chi connectivity index (χ4v) is 4.76. The highest BCUT2D eigenvalue weighted by molar-refractivity contribution is 7.86. The maximum atomic E-state index is 12.7. The summed E-state index contributed by atoms with van der Waals surface area (Å²) in [7, 11) is -3.37. The number of aromatic amines is 1. The number of hydrogen-bond acceptors (Lipinski definition) is 4. The zero-order valence-corrected chi connectivity index (χ0v) is 13.1. The number of ether oxygens (including phenoxy) is 1. The first-order valence-corrected chi connectivity index (χ1v) is 8.81. The lowest BCUT2D eigenvalue weighted by atomic mass is 9.94. The molecule has 2 fully saturated rings. The summed E-state index contributed by atoms with van der Waals surface area (Å²) in [5.74, 6) is 0.206. The first kappa shape index (κ1) is 15.0. The molecule has 2 aliphatic rings.